The number of amides is 2. The minimum Gasteiger partial charge on any atom is -0.354 e. The molecule has 1 unspecified atom stereocenters. The molecule has 0 aliphatic rings. The molecule has 1 N–H and O–H groups in total. The zero-order valence-electron chi connectivity index (χ0n) is 20.5. The van der Waals surface area contributed by atoms with Crippen molar-refractivity contribution in [2.45, 2.75) is 53.1 Å². The van der Waals surface area contributed by atoms with Crippen LogP contribution >= 0.6 is 11.6 Å². The predicted molar refractivity (Wildman–Crippen MR) is 137 cm³/mol. The largest absolute Gasteiger partial charge is 0.354 e. The van der Waals surface area contributed by atoms with E-state index in [1.54, 1.807) is 43.3 Å². The van der Waals surface area contributed by atoms with E-state index in [4.69, 9.17) is 11.6 Å². The lowest BCUT2D eigenvalue weighted by Crippen LogP contribution is -2.52. The van der Waals surface area contributed by atoms with Crippen LogP contribution < -0.4 is 9.62 Å². The number of sulfonamides is 1. The maximum absolute atomic E-state index is 13.6. The summed E-state index contributed by atoms with van der Waals surface area (Å²) < 4.78 is 26.5. The van der Waals surface area contributed by atoms with E-state index >= 15 is 0 Å². The van der Waals surface area contributed by atoms with Gasteiger partial charge in [0.15, 0.2) is 0 Å². The fourth-order valence-electron chi connectivity index (χ4n) is 3.78. The van der Waals surface area contributed by atoms with Crippen molar-refractivity contribution in [3.05, 3.63) is 64.2 Å². The first-order chi connectivity index (χ1) is 16.0. The SMILES string of the molecule is CCCNC(=O)C(CC)N(Cc1ccccc1Cl)C(=O)CN(c1ccc(C)cc1C)S(C)(=O)=O. The van der Waals surface area contributed by atoms with Gasteiger partial charge in [-0.25, -0.2) is 8.42 Å². The zero-order chi connectivity index (χ0) is 25.5. The Morgan fingerprint density at radius 1 is 1.09 bits per heavy atom. The maximum Gasteiger partial charge on any atom is 0.244 e. The highest BCUT2D eigenvalue weighted by Gasteiger charge is 2.32. The van der Waals surface area contributed by atoms with E-state index in [1.165, 1.54) is 4.90 Å². The van der Waals surface area contributed by atoms with Crippen LogP contribution in [0.25, 0.3) is 0 Å². The second-order valence-electron chi connectivity index (χ2n) is 8.39. The van der Waals surface area contributed by atoms with Crippen molar-refractivity contribution in [1.29, 1.82) is 0 Å². The minimum absolute atomic E-state index is 0.0844. The molecule has 0 aliphatic carbocycles. The van der Waals surface area contributed by atoms with Crippen LogP contribution in [0.2, 0.25) is 5.02 Å². The lowest BCUT2D eigenvalue weighted by atomic mass is 10.1. The van der Waals surface area contributed by atoms with Gasteiger partial charge in [0.25, 0.3) is 0 Å². The summed E-state index contributed by atoms with van der Waals surface area (Å²) in [6, 6.07) is 11.7. The Hall–Kier alpha value is -2.58. The highest BCUT2D eigenvalue weighted by atomic mass is 35.5. The fraction of sp³-hybridized carbons (Fsp3) is 0.440. The molecule has 0 saturated heterocycles. The van der Waals surface area contributed by atoms with E-state index in [0.717, 1.165) is 28.1 Å². The topological polar surface area (TPSA) is 86.8 Å². The summed E-state index contributed by atoms with van der Waals surface area (Å²) in [5.41, 5.74) is 2.84. The van der Waals surface area contributed by atoms with Gasteiger partial charge in [-0.15, -0.1) is 0 Å². The summed E-state index contributed by atoms with van der Waals surface area (Å²) in [4.78, 5) is 28.0. The van der Waals surface area contributed by atoms with E-state index in [1.807, 2.05) is 26.8 Å². The van der Waals surface area contributed by atoms with Crippen LogP contribution in [0.1, 0.15) is 43.4 Å². The average molecular weight is 508 g/mol. The summed E-state index contributed by atoms with van der Waals surface area (Å²) >= 11 is 6.35. The van der Waals surface area contributed by atoms with Crippen molar-refractivity contribution in [3.63, 3.8) is 0 Å². The molecule has 2 aromatic rings. The molecule has 2 rings (SSSR count). The third-order valence-electron chi connectivity index (χ3n) is 5.53. The quantitative estimate of drug-likeness (QED) is 0.497. The van der Waals surface area contributed by atoms with Crippen molar-refractivity contribution in [2.24, 2.45) is 0 Å². The molecule has 0 radical (unpaired) electrons. The Labute approximate surface area is 208 Å². The van der Waals surface area contributed by atoms with E-state index in [9.17, 15) is 18.0 Å². The minimum atomic E-state index is -3.77. The molecule has 0 heterocycles. The van der Waals surface area contributed by atoms with Crippen LogP contribution in [-0.2, 0) is 26.2 Å². The van der Waals surface area contributed by atoms with Gasteiger partial charge in [0, 0.05) is 18.1 Å². The molecule has 0 aromatic heterocycles. The van der Waals surface area contributed by atoms with Crippen molar-refractivity contribution < 1.29 is 18.0 Å². The number of aryl methyl sites for hydroxylation is 2. The summed E-state index contributed by atoms with van der Waals surface area (Å²) in [7, 11) is -3.77. The second kappa shape index (κ2) is 12.2. The van der Waals surface area contributed by atoms with E-state index in [-0.39, 0.29) is 12.5 Å². The van der Waals surface area contributed by atoms with Gasteiger partial charge in [-0.1, -0.05) is 61.3 Å². The van der Waals surface area contributed by atoms with Crippen LogP contribution in [0.15, 0.2) is 42.5 Å². The van der Waals surface area contributed by atoms with Crippen LogP contribution in [0.5, 0.6) is 0 Å². The number of hydrogen-bond acceptors (Lipinski definition) is 4. The molecule has 2 amide bonds. The van der Waals surface area contributed by atoms with Crippen molar-refractivity contribution in [2.75, 3.05) is 23.7 Å². The van der Waals surface area contributed by atoms with E-state index in [2.05, 4.69) is 5.32 Å². The van der Waals surface area contributed by atoms with Gasteiger partial charge in [-0.2, -0.15) is 0 Å². The molecule has 7 nitrogen and oxygen atoms in total. The summed E-state index contributed by atoms with van der Waals surface area (Å²) in [6.07, 6.45) is 2.20. The second-order valence-corrected chi connectivity index (χ2v) is 10.7. The van der Waals surface area contributed by atoms with Gasteiger partial charge < -0.3 is 10.2 Å². The molecule has 0 aliphatic heterocycles. The lowest BCUT2D eigenvalue weighted by molar-refractivity contribution is -0.140. The summed E-state index contributed by atoms with van der Waals surface area (Å²) in [5.74, 6) is -0.758. The molecular formula is C25H34ClN3O4S. The zero-order valence-corrected chi connectivity index (χ0v) is 22.0. The van der Waals surface area contributed by atoms with Crippen molar-refractivity contribution >= 4 is 39.1 Å². The van der Waals surface area contributed by atoms with E-state index in [0.29, 0.717) is 29.2 Å². The summed E-state index contributed by atoms with van der Waals surface area (Å²) in [5, 5.41) is 3.32. The molecule has 0 spiro atoms. The number of rotatable bonds is 11. The molecule has 9 heteroatoms. The third-order valence-corrected chi connectivity index (χ3v) is 7.03. The Balaban J connectivity index is 2.47. The number of carbonyl (C=O) groups is 2. The molecule has 0 fully saturated rings. The highest BCUT2D eigenvalue weighted by molar-refractivity contribution is 7.92. The number of nitrogens with one attached hydrogen (secondary N) is 1. The maximum atomic E-state index is 13.6. The first-order valence-electron chi connectivity index (χ1n) is 11.3. The van der Waals surface area contributed by atoms with Crippen molar-refractivity contribution in [3.8, 4) is 0 Å². The Bertz CT molecular complexity index is 1120. The molecule has 0 bridgehead atoms. The van der Waals surface area contributed by atoms with Crippen LogP contribution in [0.4, 0.5) is 5.69 Å². The fourth-order valence-corrected chi connectivity index (χ4v) is 4.88. The monoisotopic (exact) mass is 507 g/mol. The van der Waals surface area contributed by atoms with Crippen molar-refractivity contribution in [1.82, 2.24) is 10.2 Å². The lowest BCUT2D eigenvalue weighted by Gasteiger charge is -2.33. The van der Waals surface area contributed by atoms with Gasteiger partial charge in [0.05, 0.1) is 11.9 Å². The molecule has 34 heavy (non-hydrogen) atoms. The number of anilines is 1. The third kappa shape index (κ3) is 7.21. The van der Waals surface area contributed by atoms with Gasteiger partial charge in [0.1, 0.15) is 12.6 Å². The Morgan fingerprint density at radius 3 is 2.32 bits per heavy atom. The molecule has 186 valence electrons. The molecular weight excluding hydrogens is 474 g/mol. The van der Waals surface area contributed by atoms with Gasteiger partial charge in [-0.05, 0) is 49.9 Å². The Kier molecular flexibility index (Phi) is 9.94. The summed E-state index contributed by atoms with van der Waals surface area (Å²) in [6.45, 7) is 7.63. The average Bonchev–Trinajstić information content (AvgIpc) is 2.76. The number of nitrogens with zero attached hydrogens (tertiary/aromatic N) is 2. The molecule has 0 saturated carbocycles. The highest BCUT2D eigenvalue weighted by Crippen LogP contribution is 2.25. The van der Waals surface area contributed by atoms with Crippen LogP contribution in [0.3, 0.4) is 0 Å². The number of benzene rings is 2. The van der Waals surface area contributed by atoms with Gasteiger partial charge in [-0.3, -0.25) is 13.9 Å². The normalized spacial score (nSPS) is 12.2. The smallest absolute Gasteiger partial charge is 0.244 e. The van der Waals surface area contributed by atoms with Gasteiger partial charge in [0.2, 0.25) is 21.8 Å². The Morgan fingerprint density at radius 2 is 1.76 bits per heavy atom. The first kappa shape index (κ1) is 27.7. The standard InChI is InChI=1S/C25H34ClN3O4S/c1-6-14-27-25(31)22(7-2)28(16-20-10-8-9-11-21(20)26)24(30)17-29(34(5,32)33)23-13-12-18(3)15-19(23)4/h8-13,15,22H,6-7,14,16-17H2,1-5H3,(H,27,31). The van der Waals surface area contributed by atoms with Gasteiger partial charge >= 0.3 is 0 Å². The van der Waals surface area contributed by atoms with Crippen LogP contribution in [0, 0.1) is 13.8 Å². The first-order valence-corrected chi connectivity index (χ1v) is 13.6. The number of halogens is 1. The molecule has 2 aromatic carbocycles. The molecule has 1 atom stereocenters. The number of hydrogen-bond donors (Lipinski definition) is 1. The number of carbonyl (C=O) groups excluding carboxylic acids is 2. The van der Waals surface area contributed by atoms with Crippen LogP contribution in [-0.4, -0.2) is 50.5 Å². The van der Waals surface area contributed by atoms with E-state index < -0.39 is 28.5 Å². The predicted octanol–water partition coefficient (Wildman–Crippen LogP) is 4.06.